The number of rotatable bonds is 8. The molecular formula is C23H22ClN3O5S. The van der Waals surface area contributed by atoms with Crippen molar-refractivity contribution in [2.75, 3.05) is 22.0 Å². The van der Waals surface area contributed by atoms with Crippen LogP contribution in [0, 0.1) is 6.92 Å². The summed E-state index contributed by atoms with van der Waals surface area (Å²) in [5.41, 5.74) is 1.99. The Kier molecular flexibility index (Phi) is 7.57. The first-order valence-corrected chi connectivity index (χ1v) is 11.7. The molecule has 0 aliphatic carbocycles. The number of hydrogen-bond acceptors (Lipinski definition) is 5. The molecule has 8 nitrogen and oxygen atoms in total. The van der Waals surface area contributed by atoms with Crippen molar-refractivity contribution < 1.29 is 22.7 Å². The molecule has 0 radical (unpaired) electrons. The van der Waals surface area contributed by atoms with Crippen LogP contribution >= 0.6 is 11.6 Å². The fourth-order valence-corrected chi connectivity index (χ4v) is 4.17. The summed E-state index contributed by atoms with van der Waals surface area (Å²) in [7, 11) is -3.81. The van der Waals surface area contributed by atoms with Gasteiger partial charge in [0.05, 0.1) is 4.90 Å². The lowest BCUT2D eigenvalue weighted by Gasteiger charge is -2.13. The van der Waals surface area contributed by atoms with E-state index in [2.05, 4.69) is 15.4 Å². The lowest BCUT2D eigenvalue weighted by molar-refractivity contribution is -0.118. The van der Waals surface area contributed by atoms with Gasteiger partial charge in [-0.1, -0.05) is 17.7 Å². The predicted octanol–water partition coefficient (Wildman–Crippen LogP) is 4.43. The minimum atomic E-state index is -3.81. The highest BCUT2D eigenvalue weighted by Crippen LogP contribution is 2.24. The second-order valence-corrected chi connectivity index (χ2v) is 9.26. The maximum Gasteiger partial charge on any atom is 0.262 e. The Morgan fingerprint density at radius 2 is 1.58 bits per heavy atom. The van der Waals surface area contributed by atoms with E-state index < -0.39 is 15.9 Å². The van der Waals surface area contributed by atoms with Gasteiger partial charge in [0.1, 0.15) is 5.75 Å². The van der Waals surface area contributed by atoms with Crippen LogP contribution in [0.15, 0.2) is 71.6 Å². The molecule has 3 rings (SSSR count). The van der Waals surface area contributed by atoms with Gasteiger partial charge < -0.3 is 15.4 Å². The van der Waals surface area contributed by atoms with Crippen molar-refractivity contribution in [3.8, 4) is 5.75 Å². The summed E-state index contributed by atoms with van der Waals surface area (Å²) in [6, 6.07) is 17.4. The van der Waals surface area contributed by atoms with Gasteiger partial charge in [-0.05, 0) is 73.2 Å². The van der Waals surface area contributed by atoms with Gasteiger partial charge in [-0.2, -0.15) is 0 Å². The Morgan fingerprint density at radius 1 is 0.909 bits per heavy atom. The summed E-state index contributed by atoms with van der Waals surface area (Å²) in [5, 5.41) is 5.82. The number of hydrogen-bond donors (Lipinski definition) is 3. The standard InChI is InChI=1S/C23H22ClN3O5S/c1-15-12-21(33(30,31)27-18-8-6-17(24)7-9-18)10-11-22(15)32-14-23(29)26-20-5-3-4-19(13-20)25-16(2)28/h3-13,27H,14H2,1-2H3,(H,25,28)(H,26,29). The van der Waals surface area contributed by atoms with Crippen LogP contribution in [0.4, 0.5) is 17.1 Å². The molecule has 33 heavy (non-hydrogen) atoms. The number of ether oxygens (including phenoxy) is 1. The van der Waals surface area contributed by atoms with E-state index in [0.717, 1.165) is 0 Å². The van der Waals surface area contributed by atoms with E-state index in [1.54, 1.807) is 55.5 Å². The lowest BCUT2D eigenvalue weighted by atomic mass is 10.2. The largest absolute Gasteiger partial charge is 0.483 e. The third-order valence-corrected chi connectivity index (χ3v) is 6.01. The minimum Gasteiger partial charge on any atom is -0.483 e. The van der Waals surface area contributed by atoms with Crippen molar-refractivity contribution in [1.29, 1.82) is 0 Å². The molecular weight excluding hydrogens is 466 g/mol. The molecule has 0 heterocycles. The maximum absolute atomic E-state index is 12.6. The topological polar surface area (TPSA) is 114 Å². The van der Waals surface area contributed by atoms with Gasteiger partial charge in [-0.25, -0.2) is 8.42 Å². The molecule has 0 fully saturated rings. The average molecular weight is 488 g/mol. The summed E-state index contributed by atoms with van der Waals surface area (Å²) in [5.74, 6) is -0.246. The monoisotopic (exact) mass is 487 g/mol. The van der Waals surface area contributed by atoms with Crippen LogP contribution in [0.2, 0.25) is 5.02 Å². The Bertz CT molecular complexity index is 1280. The summed E-state index contributed by atoms with van der Waals surface area (Å²) in [4.78, 5) is 23.5. The quantitative estimate of drug-likeness (QED) is 0.435. The summed E-state index contributed by atoms with van der Waals surface area (Å²) >= 11 is 5.83. The molecule has 0 bridgehead atoms. The van der Waals surface area contributed by atoms with Crippen LogP contribution < -0.4 is 20.1 Å². The molecule has 0 saturated carbocycles. The highest BCUT2D eigenvalue weighted by Gasteiger charge is 2.16. The second-order valence-electron chi connectivity index (χ2n) is 7.14. The van der Waals surface area contributed by atoms with Gasteiger partial charge in [-0.15, -0.1) is 0 Å². The van der Waals surface area contributed by atoms with Crippen LogP contribution in [-0.4, -0.2) is 26.8 Å². The third-order valence-electron chi connectivity index (χ3n) is 4.38. The van der Waals surface area contributed by atoms with E-state index in [-0.39, 0.29) is 17.4 Å². The van der Waals surface area contributed by atoms with E-state index in [1.165, 1.54) is 25.1 Å². The number of benzene rings is 3. The first kappa shape index (κ1) is 24.1. The number of aryl methyl sites for hydroxylation is 1. The Balaban J connectivity index is 1.61. The molecule has 0 spiro atoms. The van der Waals surface area contributed by atoms with Crippen molar-refractivity contribution in [1.82, 2.24) is 0 Å². The molecule has 0 aromatic heterocycles. The lowest BCUT2D eigenvalue weighted by Crippen LogP contribution is -2.20. The molecule has 0 aliphatic rings. The minimum absolute atomic E-state index is 0.0570. The Morgan fingerprint density at radius 3 is 2.21 bits per heavy atom. The zero-order chi connectivity index (χ0) is 24.0. The Labute approximate surface area is 197 Å². The maximum atomic E-state index is 12.6. The summed E-state index contributed by atoms with van der Waals surface area (Å²) in [6.07, 6.45) is 0. The summed E-state index contributed by atoms with van der Waals surface area (Å²) in [6.45, 7) is 2.80. The average Bonchev–Trinajstić information content (AvgIpc) is 2.74. The normalized spacial score (nSPS) is 10.9. The first-order valence-electron chi connectivity index (χ1n) is 9.82. The Hall–Kier alpha value is -3.56. The molecule has 172 valence electrons. The van der Waals surface area contributed by atoms with Crippen molar-refractivity contribution >= 4 is 50.5 Å². The number of halogens is 1. The van der Waals surface area contributed by atoms with Crippen molar-refractivity contribution in [3.05, 3.63) is 77.3 Å². The van der Waals surface area contributed by atoms with Gasteiger partial charge in [0.25, 0.3) is 15.9 Å². The molecule has 3 aromatic rings. The number of carbonyl (C=O) groups is 2. The van der Waals surface area contributed by atoms with Gasteiger partial charge >= 0.3 is 0 Å². The predicted molar refractivity (Wildman–Crippen MR) is 128 cm³/mol. The molecule has 0 saturated heterocycles. The van der Waals surface area contributed by atoms with E-state index in [1.807, 2.05) is 0 Å². The molecule has 3 N–H and O–H groups in total. The number of sulfonamides is 1. The van der Waals surface area contributed by atoms with E-state index >= 15 is 0 Å². The van der Waals surface area contributed by atoms with Crippen LogP contribution in [-0.2, 0) is 19.6 Å². The number of anilines is 3. The van der Waals surface area contributed by atoms with Crippen molar-refractivity contribution in [3.63, 3.8) is 0 Å². The van der Waals surface area contributed by atoms with Gasteiger partial charge in [-0.3, -0.25) is 14.3 Å². The summed E-state index contributed by atoms with van der Waals surface area (Å²) < 4.78 is 33.3. The van der Waals surface area contributed by atoms with E-state index in [9.17, 15) is 18.0 Å². The molecule has 0 atom stereocenters. The zero-order valence-corrected chi connectivity index (χ0v) is 19.5. The smallest absolute Gasteiger partial charge is 0.262 e. The number of nitrogens with one attached hydrogen (secondary N) is 3. The molecule has 3 aromatic carbocycles. The van der Waals surface area contributed by atoms with Crippen LogP contribution in [0.3, 0.4) is 0 Å². The molecule has 10 heteroatoms. The highest BCUT2D eigenvalue weighted by molar-refractivity contribution is 7.92. The first-order chi connectivity index (χ1) is 15.6. The fraction of sp³-hybridized carbons (Fsp3) is 0.130. The van der Waals surface area contributed by atoms with Crippen LogP contribution in [0.25, 0.3) is 0 Å². The van der Waals surface area contributed by atoms with Gasteiger partial charge in [0, 0.05) is 29.0 Å². The van der Waals surface area contributed by atoms with Gasteiger partial charge in [0.2, 0.25) is 5.91 Å². The number of carbonyl (C=O) groups excluding carboxylic acids is 2. The highest BCUT2D eigenvalue weighted by atomic mass is 35.5. The second kappa shape index (κ2) is 10.4. The van der Waals surface area contributed by atoms with Crippen molar-refractivity contribution in [2.45, 2.75) is 18.7 Å². The molecule has 2 amide bonds. The molecule has 0 unspecified atom stereocenters. The van der Waals surface area contributed by atoms with E-state index in [0.29, 0.717) is 33.4 Å². The zero-order valence-electron chi connectivity index (χ0n) is 17.9. The number of amides is 2. The third kappa shape index (κ3) is 6.96. The van der Waals surface area contributed by atoms with Crippen LogP contribution in [0.5, 0.6) is 5.75 Å². The van der Waals surface area contributed by atoms with E-state index in [4.69, 9.17) is 16.3 Å². The van der Waals surface area contributed by atoms with Crippen LogP contribution in [0.1, 0.15) is 12.5 Å². The fourth-order valence-electron chi connectivity index (χ4n) is 2.90. The van der Waals surface area contributed by atoms with Gasteiger partial charge in [0.15, 0.2) is 6.61 Å². The van der Waals surface area contributed by atoms with Crippen molar-refractivity contribution in [2.24, 2.45) is 0 Å². The molecule has 0 aliphatic heterocycles. The SMILES string of the molecule is CC(=O)Nc1cccc(NC(=O)COc2ccc(S(=O)(=O)Nc3ccc(Cl)cc3)cc2C)c1.